The molecule has 0 radical (unpaired) electrons. The fourth-order valence-electron chi connectivity index (χ4n) is 5.37. The predicted octanol–water partition coefficient (Wildman–Crippen LogP) is 7.64. The van der Waals surface area contributed by atoms with Crippen LogP contribution in [0.4, 0.5) is 4.39 Å². The third kappa shape index (κ3) is 8.70. The van der Waals surface area contributed by atoms with Crippen molar-refractivity contribution < 1.29 is 13.9 Å². The van der Waals surface area contributed by atoms with Crippen molar-refractivity contribution in [2.75, 3.05) is 39.5 Å². The highest BCUT2D eigenvalue weighted by molar-refractivity contribution is 9.10. The maximum Gasteiger partial charge on any atom is 0.139 e. The van der Waals surface area contributed by atoms with Crippen molar-refractivity contribution in [3.63, 3.8) is 0 Å². The Morgan fingerprint density at radius 3 is 2.49 bits per heavy atom. The summed E-state index contributed by atoms with van der Waals surface area (Å²) in [6.45, 7) is 15.1. The molecule has 0 aliphatic carbocycles. The molecule has 39 heavy (non-hydrogen) atoms. The van der Waals surface area contributed by atoms with Crippen LogP contribution in [0.1, 0.15) is 43.7 Å². The number of aromatic nitrogens is 2. The highest BCUT2D eigenvalue weighted by Crippen LogP contribution is 2.36. The molecular formula is C31H45BrFN3O2Si. The van der Waals surface area contributed by atoms with E-state index in [0.717, 1.165) is 66.9 Å². The summed E-state index contributed by atoms with van der Waals surface area (Å²) in [5.74, 6) is -0.185. The third-order valence-electron chi connectivity index (χ3n) is 7.91. The quantitative estimate of drug-likeness (QED) is 0.138. The first kappa shape index (κ1) is 30.4. The SMILES string of the molecule is CCCCN1CCC(COCCc2cc(Br)cc3cn(COCC[Si](C)(C)C)nc23)(c2ccc(F)cc2)CC1. The van der Waals surface area contributed by atoms with Gasteiger partial charge in [-0.05, 0) is 86.8 Å². The molecular weight excluding hydrogens is 573 g/mol. The zero-order valence-corrected chi connectivity index (χ0v) is 26.7. The van der Waals surface area contributed by atoms with Crippen LogP contribution in [-0.2, 0) is 28.0 Å². The molecule has 1 aliphatic rings. The van der Waals surface area contributed by atoms with Gasteiger partial charge in [0.1, 0.15) is 12.5 Å². The van der Waals surface area contributed by atoms with Gasteiger partial charge in [0.2, 0.25) is 0 Å². The zero-order valence-electron chi connectivity index (χ0n) is 24.1. The molecule has 2 heterocycles. The summed E-state index contributed by atoms with van der Waals surface area (Å²) in [7, 11) is -1.11. The van der Waals surface area contributed by atoms with E-state index in [1.165, 1.54) is 24.0 Å². The molecule has 0 atom stereocenters. The van der Waals surface area contributed by atoms with Crippen molar-refractivity contribution in [2.24, 2.45) is 0 Å². The van der Waals surface area contributed by atoms with Crippen LogP contribution in [0.25, 0.3) is 10.9 Å². The maximum absolute atomic E-state index is 13.7. The van der Waals surface area contributed by atoms with Crippen LogP contribution < -0.4 is 0 Å². The van der Waals surface area contributed by atoms with Crippen molar-refractivity contribution in [1.82, 2.24) is 14.7 Å². The predicted molar refractivity (Wildman–Crippen MR) is 165 cm³/mol. The summed E-state index contributed by atoms with van der Waals surface area (Å²) >= 11 is 3.68. The number of piperidine rings is 1. The minimum Gasteiger partial charge on any atom is -0.380 e. The van der Waals surface area contributed by atoms with Crippen LogP contribution in [0.2, 0.25) is 25.7 Å². The van der Waals surface area contributed by atoms with Crippen molar-refractivity contribution in [1.29, 1.82) is 0 Å². The number of benzene rings is 2. The standard InChI is InChI=1S/C31H45BrFN3O2Si/c1-5-6-14-35-15-12-31(13-16-35,27-7-9-29(33)10-8-27)23-37-17-11-25-20-28(32)21-26-22-36(34-30(25)26)24-38-18-19-39(2,3)4/h7-10,20-22H,5-6,11-19,23-24H2,1-4H3. The fraction of sp³-hybridized carbons (Fsp3) is 0.581. The molecule has 5 nitrogen and oxygen atoms in total. The minimum atomic E-state index is -1.11. The van der Waals surface area contributed by atoms with Gasteiger partial charge in [0, 0.05) is 36.2 Å². The Labute approximate surface area is 243 Å². The molecule has 0 amide bonds. The van der Waals surface area contributed by atoms with E-state index in [2.05, 4.69) is 65.7 Å². The molecule has 3 aromatic rings. The summed E-state index contributed by atoms with van der Waals surface area (Å²) in [4.78, 5) is 2.56. The highest BCUT2D eigenvalue weighted by atomic mass is 79.9. The van der Waals surface area contributed by atoms with E-state index in [4.69, 9.17) is 14.6 Å². The van der Waals surface area contributed by atoms with Gasteiger partial charge in [-0.3, -0.25) is 0 Å². The Morgan fingerprint density at radius 1 is 1.05 bits per heavy atom. The van der Waals surface area contributed by atoms with Gasteiger partial charge >= 0.3 is 0 Å². The van der Waals surface area contributed by atoms with Gasteiger partial charge in [0.05, 0.1) is 18.7 Å². The Bertz CT molecular complexity index is 1190. The summed E-state index contributed by atoms with van der Waals surface area (Å²) in [5, 5.41) is 5.95. The van der Waals surface area contributed by atoms with Crippen LogP contribution in [-0.4, -0.2) is 62.2 Å². The average Bonchev–Trinajstić information content (AvgIpc) is 3.31. The molecule has 4 rings (SSSR count). The summed E-state index contributed by atoms with van der Waals surface area (Å²) in [6, 6.07) is 12.5. The smallest absolute Gasteiger partial charge is 0.139 e. The zero-order chi connectivity index (χ0) is 27.9. The second-order valence-electron chi connectivity index (χ2n) is 12.3. The Kier molecular flexibility index (Phi) is 10.8. The summed E-state index contributed by atoms with van der Waals surface area (Å²) in [5.41, 5.74) is 3.30. The van der Waals surface area contributed by atoms with Crippen LogP contribution >= 0.6 is 15.9 Å². The number of likely N-dealkylation sites (tertiary alicyclic amines) is 1. The van der Waals surface area contributed by atoms with Crippen LogP contribution in [0.15, 0.2) is 47.1 Å². The number of unbranched alkanes of at least 4 members (excludes halogenated alkanes) is 1. The lowest BCUT2D eigenvalue weighted by Crippen LogP contribution is -2.45. The Hall–Kier alpha value is -1.58. The number of hydrogen-bond donors (Lipinski definition) is 0. The normalized spacial score (nSPS) is 16.3. The molecule has 0 unspecified atom stereocenters. The lowest BCUT2D eigenvalue weighted by Gasteiger charge is -2.42. The van der Waals surface area contributed by atoms with Crippen molar-refractivity contribution in [3.8, 4) is 0 Å². The van der Waals surface area contributed by atoms with E-state index in [0.29, 0.717) is 19.9 Å². The lowest BCUT2D eigenvalue weighted by molar-refractivity contribution is 0.0457. The number of rotatable bonds is 14. The van der Waals surface area contributed by atoms with Gasteiger partial charge in [0.15, 0.2) is 0 Å². The third-order valence-corrected chi connectivity index (χ3v) is 10.1. The molecule has 1 aromatic heterocycles. The monoisotopic (exact) mass is 617 g/mol. The van der Waals surface area contributed by atoms with Crippen molar-refractivity contribution in [3.05, 3.63) is 64.0 Å². The van der Waals surface area contributed by atoms with Crippen LogP contribution in [0.5, 0.6) is 0 Å². The van der Waals surface area contributed by atoms with E-state index in [1.54, 1.807) is 12.1 Å². The van der Waals surface area contributed by atoms with E-state index in [9.17, 15) is 4.39 Å². The van der Waals surface area contributed by atoms with E-state index in [1.807, 2.05) is 16.8 Å². The van der Waals surface area contributed by atoms with Gasteiger partial charge in [-0.15, -0.1) is 0 Å². The molecule has 0 spiro atoms. The Balaban J connectivity index is 1.38. The van der Waals surface area contributed by atoms with Gasteiger partial charge < -0.3 is 14.4 Å². The molecule has 1 aliphatic heterocycles. The van der Waals surface area contributed by atoms with Crippen molar-refractivity contribution in [2.45, 2.75) is 76.9 Å². The Morgan fingerprint density at radius 2 is 1.79 bits per heavy atom. The molecule has 0 bridgehead atoms. The van der Waals surface area contributed by atoms with Gasteiger partial charge in [-0.25, -0.2) is 9.07 Å². The molecule has 1 saturated heterocycles. The first-order valence-corrected chi connectivity index (χ1v) is 19.0. The number of halogens is 2. The summed E-state index contributed by atoms with van der Waals surface area (Å²) in [6.07, 6.45) is 7.37. The van der Waals surface area contributed by atoms with E-state index in [-0.39, 0.29) is 11.2 Å². The minimum absolute atomic E-state index is 0.0716. The molecule has 8 heteroatoms. The second-order valence-corrected chi connectivity index (χ2v) is 18.8. The maximum atomic E-state index is 13.7. The molecule has 2 aromatic carbocycles. The van der Waals surface area contributed by atoms with Gasteiger partial charge in [-0.1, -0.05) is 61.0 Å². The highest BCUT2D eigenvalue weighted by Gasteiger charge is 2.36. The summed E-state index contributed by atoms with van der Waals surface area (Å²) < 4.78 is 29.0. The van der Waals surface area contributed by atoms with Gasteiger partial charge in [-0.2, -0.15) is 5.10 Å². The largest absolute Gasteiger partial charge is 0.380 e. The first-order valence-electron chi connectivity index (χ1n) is 14.5. The second kappa shape index (κ2) is 13.9. The van der Waals surface area contributed by atoms with Crippen LogP contribution in [0, 0.1) is 5.82 Å². The average molecular weight is 619 g/mol. The fourth-order valence-corrected chi connectivity index (χ4v) is 6.65. The van der Waals surface area contributed by atoms with E-state index >= 15 is 0 Å². The number of ether oxygens (including phenoxy) is 2. The molecule has 0 N–H and O–H groups in total. The number of nitrogens with zero attached hydrogens (tertiary/aromatic N) is 3. The van der Waals surface area contributed by atoms with Crippen molar-refractivity contribution >= 4 is 34.9 Å². The number of hydrogen-bond acceptors (Lipinski definition) is 4. The topological polar surface area (TPSA) is 39.5 Å². The van der Waals surface area contributed by atoms with Gasteiger partial charge in [0.25, 0.3) is 0 Å². The lowest BCUT2D eigenvalue weighted by atomic mass is 9.73. The van der Waals surface area contributed by atoms with Crippen LogP contribution in [0.3, 0.4) is 0 Å². The molecule has 0 saturated carbocycles. The molecule has 1 fully saturated rings. The van der Waals surface area contributed by atoms with E-state index < -0.39 is 8.07 Å². The number of fused-ring (bicyclic) bond motifs is 1. The first-order chi connectivity index (χ1) is 18.7. The molecule has 214 valence electrons.